The fourth-order valence-electron chi connectivity index (χ4n) is 2.17. The van der Waals surface area contributed by atoms with Crippen molar-refractivity contribution in [2.24, 2.45) is 0 Å². The molecular weight excluding hydrogens is 330 g/mol. The second kappa shape index (κ2) is 6.89. The molecule has 4 nitrogen and oxygen atoms in total. The van der Waals surface area contributed by atoms with Crippen molar-refractivity contribution in [3.63, 3.8) is 0 Å². The third-order valence-electron chi connectivity index (χ3n) is 3.34. The fourth-order valence-corrected chi connectivity index (χ4v) is 2.59. The van der Waals surface area contributed by atoms with E-state index in [2.05, 4.69) is 47.0 Å². The largest absolute Gasteiger partial charge is 0.497 e. The standard InChI is InChI=1S/C16H20BrN3O/c1-5-14-10(3)15(18-6-2)20-16(19-14)12-9-11(21-4)7-8-13(12)17/h7-9H,5-6H2,1-4H3,(H,18,19,20). The predicted molar refractivity (Wildman–Crippen MR) is 90.0 cm³/mol. The minimum absolute atomic E-state index is 0.708. The molecule has 0 unspecified atom stereocenters. The lowest BCUT2D eigenvalue weighted by Crippen LogP contribution is -2.07. The molecule has 0 bridgehead atoms. The summed E-state index contributed by atoms with van der Waals surface area (Å²) in [5.41, 5.74) is 3.11. The summed E-state index contributed by atoms with van der Waals surface area (Å²) in [6.07, 6.45) is 0.876. The van der Waals surface area contributed by atoms with Gasteiger partial charge in [-0.05, 0) is 38.5 Å². The summed E-state index contributed by atoms with van der Waals surface area (Å²) in [5, 5.41) is 3.31. The van der Waals surface area contributed by atoms with Gasteiger partial charge in [-0.15, -0.1) is 0 Å². The Hall–Kier alpha value is -1.62. The van der Waals surface area contributed by atoms with E-state index in [0.717, 1.165) is 45.8 Å². The molecule has 1 aromatic heterocycles. The minimum Gasteiger partial charge on any atom is -0.497 e. The Balaban J connectivity index is 2.60. The van der Waals surface area contributed by atoms with E-state index >= 15 is 0 Å². The number of nitrogens with zero attached hydrogens (tertiary/aromatic N) is 2. The van der Waals surface area contributed by atoms with E-state index < -0.39 is 0 Å². The number of aromatic nitrogens is 2. The molecule has 0 aliphatic rings. The van der Waals surface area contributed by atoms with Crippen LogP contribution in [-0.4, -0.2) is 23.6 Å². The highest BCUT2D eigenvalue weighted by Gasteiger charge is 2.13. The van der Waals surface area contributed by atoms with Gasteiger partial charge in [0.1, 0.15) is 11.6 Å². The Labute approximate surface area is 134 Å². The second-order valence-corrected chi connectivity index (χ2v) is 5.55. The summed E-state index contributed by atoms with van der Waals surface area (Å²) < 4.78 is 6.25. The van der Waals surface area contributed by atoms with Crippen molar-refractivity contribution in [1.82, 2.24) is 9.97 Å². The van der Waals surface area contributed by atoms with Crippen LogP contribution in [0.15, 0.2) is 22.7 Å². The van der Waals surface area contributed by atoms with Crippen LogP contribution in [0.4, 0.5) is 5.82 Å². The van der Waals surface area contributed by atoms with Gasteiger partial charge in [-0.2, -0.15) is 0 Å². The second-order valence-electron chi connectivity index (χ2n) is 4.70. The van der Waals surface area contributed by atoms with Gasteiger partial charge in [0.25, 0.3) is 0 Å². The zero-order valence-electron chi connectivity index (χ0n) is 12.8. The quantitative estimate of drug-likeness (QED) is 0.877. The first-order valence-electron chi connectivity index (χ1n) is 7.06. The van der Waals surface area contributed by atoms with Crippen molar-refractivity contribution in [1.29, 1.82) is 0 Å². The maximum atomic E-state index is 5.30. The summed E-state index contributed by atoms with van der Waals surface area (Å²) in [6, 6.07) is 5.81. The molecule has 1 aromatic carbocycles. The Morgan fingerprint density at radius 2 is 2.00 bits per heavy atom. The average molecular weight is 350 g/mol. The molecule has 21 heavy (non-hydrogen) atoms. The molecule has 0 saturated carbocycles. The first-order chi connectivity index (χ1) is 10.1. The number of anilines is 1. The molecule has 5 heteroatoms. The van der Waals surface area contributed by atoms with Gasteiger partial charge in [0.15, 0.2) is 5.82 Å². The lowest BCUT2D eigenvalue weighted by atomic mass is 10.1. The lowest BCUT2D eigenvalue weighted by molar-refractivity contribution is 0.415. The number of aryl methyl sites for hydroxylation is 1. The summed E-state index contributed by atoms with van der Waals surface area (Å²) in [6.45, 7) is 7.06. The summed E-state index contributed by atoms with van der Waals surface area (Å²) in [4.78, 5) is 9.37. The van der Waals surface area contributed by atoms with Gasteiger partial charge in [-0.25, -0.2) is 9.97 Å². The van der Waals surface area contributed by atoms with Crippen LogP contribution in [-0.2, 0) is 6.42 Å². The molecule has 1 heterocycles. The molecule has 0 amide bonds. The van der Waals surface area contributed by atoms with E-state index in [9.17, 15) is 0 Å². The van der Waals surface area contributed by atoms with Crippen molar-refractivity contribution >= 4 is 21.7 Å². The SMILES string of the molecule is CCNc1nc(-c2cc(OC)ccc2Br)nc(CC)c1C. The number of ether oxygens (including phenoxy) is 1. The normalized spacial score (nSPS) is 10.5. The Kier molecular flexibility index (Phi) is 5.17. The number of benzene rings is 1. The zero-order valence-corrected chi connectivity index (χ0v) is 14.4. The van der Waals surface area contributed by atoms with Crippen LogP contribution in [0.5, 0.6) is 5.75 Å². The van der Waals surface area contributed by atoms with E-state index in [-0.39, 0.29) is 0 Å². The van der Waals surface area contributed by atoms with Crippen molar-refractivity contribution in [3.8, 4) is 17.1 Å². The number of hydrogen-bond acceptors (Lipinski definition) is 4. The summed E-state index contributed by atoms with van der Waals surface area (Å²) in [5.74, 6) is 2.40. The van der Waals surface area contributed by atoms with Gasteiger partial charge in [-0.1, -0.05) is 22.9 Å². The number of nitrogens with one attached hydrogen (secondary N) is 1. The molecule has 0 aliphatic heterocycles. The molecule has 0 spiro atoms. The molecule has 0 atom stereocenters. The smallest absolute Gasteiger partial charge is 0.163 e. The van der Waals surface area contributed by atoms with E-state index in [0.29, 0.717) is 5.82 Å². The van der Waals surface area contributed by atoms with Gasteiger partial charge >= 0.3 is 0 Å². The molecular formula is C16H20BrN3O. The molecule has 2 rings (SSSR count). The molecule has 2 aromatic rings. The Morgan fingerprint density at radius 3 is 2.62 bits per heavy atom. The number of hydrogen-bond donors (Lipinski definition) is 1. The minimum atomic E-state index is 0.708. The summed E-state index contributed by atoms with van der Waals surface area (Å²) >= 11 is 3.57. The van der Waals surface area contributed by atoms with Gasteiger partial charge in [0, 0.05) is 27.8 Å². The number of rotatable bonds is 5. The Morgan fingerprint density at radius 1 is 1.24 bits per heavy atom. The topological polar surface area (TPSA) is 47.0 Å². The van der Waals surface area contributed by atoms with Crippen LogP contribution in [0, 0.1) is 6.92 Å². The van der Waals surface area contributed by atoms with Crippen LogP contribution in [0.2, 0.25) is 0 Å². The first-order valence-corrected chi connectivity index (χ1v) is 7.85. The predicted octanol–water partition coefficient (Wildman–Crippen LogP) is 4.22. The molecule has 0 radical (unpaired) electrons. The van der Waals surface area contributed by atoms with Gasteiger partial charge in [-0.3, -0.25) is 0 Å². The van der Waals surface area contributed by atoms with Crippen molar-refractivity contribution < 1.29 is 4.74 Å². The Bertz CT molecular complexity index is 644. The zero-order chi connectivity index (χ0) is 15.4. The average Bonchev–Trinajstić information content (AvgIpc) is 2.50. The highest BCUT2D eigenvalue weighted by atomic mass is 79.9. The molecule has 0 saturated heterocycles. The summed E-state index contributed by atoms with van der Waals surface area (Å²) in [7, 11) is 1.66. The van der Waals surface area contributed by atoms with Crippen molar-refractivity contribution in [2.75, 3.05) is 19.0 Å². The van der Waals surface area contributed by atoms with Crippen molar-refractivity contribution in [2.45, 2.75) is 27.2 Å². The third-order valence-corrected chi connectivity index (χ3v) is 4.03. The third kappa shape index (κ3) is 3.35. The molecule has 1 N–H and O–H groups in total. The first kappa shape index (κ1) is 15.8. The van der Waals surface area contributed by atoms with Gasteiger partial charge in [0.2, 0.25) is 0 Å². The fraction of sp³-hybridized carbons (Fsp3) is 0.375. The van der Waals surface area contributed by atoms with E-state index in [1.807, 2.05) is 18.2 Å². The van der Waals surface area contributed by atoms with E-state index in [1.54, 1.807) is 7.11 Å². The highest BCUT2D eigenvalue weighted by molar-refractivity contribution is 9.10. The molecule has 112 valence electrons. The molecule has 0 aliphatic carbocycles. The maximum absolute atomic E-state index is 5.30. The van der Waals surface area contributed by atoms with Gasteiger partial charge < -0.3 is 10.1 Å². The van der Waals surface area contributed by atoms with Crippen LogP contribution >= 0.6 is 15.9 Å². The maximum Gasteiger partial charge on any atom is 0.163 e. The van der Waals surface area contributed by atoms with Crippen LogP contribution in [0.25, 0.3) is 11.4 Å². The number of methoxy groups -OCH3 is 1. The van der Waals surface area contributed by atoms with E-state index in [4.69, 9.17) is 9.72 Å². The van der Waals surface area contributed by atoms with E-state index in [1.165, 1.54) is 0 Å². The lowest BCUT2D eigenvalue weighted by Gasteiger charge is -2.13. The van der Waals surface area contributed by atoms with Crippen LogP contribution < -0.4 is 10.1 Å². The number of halogens is 1. The van der Waals surface area contributed by atoms with Gasteiger partial charge in [0.05, 0.1) is 7.11 Å². The monoisotopic (exact) mass is 349 g/mol. The van der Waals surface area contributed by atoms with Crippen LogP contribution in [0.3, 0.4) is 0 Å². The van der Waals surface area contributed by atoms with Crippen LogP contribution in [0.1, 0.15) is 25.1 Å². The van der Waals surface area contributed by atoms with Crippen molar-refractivity contribution in [3.05, 3.63) is 33.9 Å². The highest BCUT2D eigenvalue weighted by Crippen LogP contribution is 2.31. The molecule has 0 fully saturated rings.